The van der Waals surface area contributed by atoms with Gasteiger partial charge < -0.3 is 24.8 Å². The van der Waals surface area contributed by atoms with E-state index in [9.17, 15) is 9.59 Å². The molecule has 2 N–H and O–H groups in total. The number of allylic oxidation sites excluding steroid dienone is 4. The third kappa shape index (κ3) is 4.84. The first-order valence-corrected chi connectivity index (χ1v) is 6.27. The van der Waals surface area contributed by atoms with Gasteiger partial charge in [-0.3, -0.25) is 0 Å². The number of rotatable bonds is 5. The average Bonchev–Trinajstić information content (AvgIpc) is 2.51. The average molecular weight is 286 g/mol. The minimum atomic E-state index is -2.04. The Morgan fingerprint density at radius 3 is 2.13 bits per heavy atom. The van der Waals surface area contributed by atoms with Crippen molar-refractivity contribution in [3.63, 3.8) is 0 Å². The van der Waals surface area contributed by atoms with Gasteiger partial charge in [-0.05, 0) is 0 Å². The summed E-state index contributed by atoms with van der Waals surface area (Å²) in [7, 11) is 0. The van der Waals surface area contributed by atoms with Gasteiger partial charge >= 0.3 is 83.3 Å². The third-order valence-corrected chi connectivity index (χ3v) is 5.02. The molecule has 0 saturated carbocycles. The van der Waals surface area contributed by atoms with Crippen LogP contribution in [0.3, 0.4) is 0 Å². The first-order chi connectivity index (χ1) is 6.29. The fourth-order valence-electron chi connectivity index (χ4n) is 1.25. The van der Waals surface area contributed by atoms with Crippen LogP contribution < -0.4 is 32.4 Å². The zero-order valence-corrected chi connectivity index (χ0v) is 11.2. The van der Waals surface area contributed by atoms with E-state index >= 15 is 0 Å². The molecule has 0 saturated heterocycles. The molecule has 0 aromatic heterocycles. The van der Waals surface area contributed by atoms with Gasteiger partial charge in [0.15, 0.2) is 0 Å². The van der Waals surface area contributed by atoms with Gasteiger partial charge in [0.25, 0.3) is 0 Å². The van der Waals surface area contributed by atoms with E-state index < -0.39 is 18.4 Å². The molecule has 0 fully saturated rings. The maximum atomic E-state index is 10.3. The molecule has 0 radical (unpaired) electrons. The SMILES string of the molecule is CC1=[C]([Ti+2]([NH]C=O)[NH]C=O)CC=C1.[Cl-].[Cl-]. The minimum absolute atomic E-state index is 0. The third-order valence-electron chi connectivity index (χ3n) is 1.87. The maximum absolute atomic E-state index is 10.3. The van der Waals surface area contributed by atoms with Crippen molar-refractivity contribution in [1.82, 2.24) is 7.60 Å². The Hall–Kier alpha value is -0.286. The minimum Gasteiger partial charge on any atom is -1.00 e. The van der Waals surface area contributed by atoms with Crippen molar-refractivity contribution >= 4 is 12.8 Å². The number of halogens is 2. The van der Waals surface area contributed by atoms with E-state index in [0.29, 0.717) is 12.8 Å². The molecule has 2 amide bonds. The predicted molar refractivity (Wildman–Crippen MR) is 44.9 cm³/mol. The first-order valence-electron chi connectivity index (χ1n) is 3.93. The van der Waals surface area contributed by atoms with Crippen molar-refractivity contribution in [1.29, 1.82) is 0 Å². The van der Waals surface area contributed by atoms with Crippen molar-refractivity contribution in [3.8, 4) is 0 Å². The van der Waals surface area contributed by atoms with Crippen LogP contribution in [0.15, 0.2) is 21.6 Å². The largest absolute Gasteiger partial charge is 1.00 e. The predicted octanol–water partition coefficient (Wildman–Crippen LogP) is -5.83. The summed E-state index contributed by atoms with van der Waals surface area (Å²) < 4.78 is 6.60. The summed E-state index contributed by atoms with van der Waals surface area (Å²) in [4.78, 5) is 20.6. The number of hydrogen-bond acceptors (Lipinski definition) is 2. The Morgan fingerprint density at radius 2 is 1.80 bits per heavy atom. The Balaban J connectivity index is 0. The molecule has 4 nitrogen and oxygen atoms in total. The van der Waals surface area contributed by atoms with Crippen LogP contribution >= 0.6 is 0 Å². The van der Waals surface area contributed by atoms with Crippen molar-refractivity contribution in [2.24, 2.45) is 0 Å². The summed E-state index contributed by atoms with van der Waals surface area (Å²) in [6.07, 6.45) is 6.22. The van der Waals surface area contributed by atoms with E-state index in [-0.39, 0.29) is 24.8 Å². The summed E-state index contributed by atoms with van der Waals surface area (Å²) in [5, 5.41) is 0. The van der Waals surface area contributed by atoms with Crippen molar-refractivity contribution < 1.29 is 52.8 Å². The van der Waals surface area contributed by atoms with Crippen molar-refractivity contribution in [2.75, 3.05) is 0 Å². The van der Waals surface area contributed by atoms with Gasteiger partial charge in [0.05, 0.1) is 0 Å². The number of hydrogen-bond donors (Lipinski definition) is 2. The van der Waals surface area contributed by atoms with E-state index in [4.69, 9.17) is 0 Å². The zero-order valence-electron chi connectivity index (χ0n) is 8.09. The molecule has 0 bridgehead atoms. The van der Waals surface area contributed by atoms with Crippen LogP contribution in [0.1, 0.15) is 13.3 Å². The first kappa shape index (κ1) is 17.1. The molecule has 83 valence electrons. The monoisotopic (exact) mass is 285 g/mol. The van der Waals surface area contributed by atoms with Crippen molar-refractivity contribution in [2.45, 2.75) is 13.3 Å². The standard InChI is InChI=1S/C6H7.2CH3NO.2ClH.Ti/c1-6-4-2-3-5-6;2*2-1-3;;;/h2,4H,3H2,1H3;2*1H,(H2,2,3);2*1H;/q;;;;;+4/p-4. The molecule has 0 aromatic carbocycles. The van der Waals surface area contributed by atoms with Gasteiger partial charge in [-0.1, -0.05) is 0 Å². The quantitative estimate of drug-likeness (QED) is 0.391. The molecule has 1 rings (SSSR count). The van der Waals surface area contributed by atoms with E-state index in [2.05, 4.69) is 7.60 Å². The van der Waals surface area contributed by atoms with Crippen LogP contribution in [0.25, 0.3) is 0 Å². The van der Waals surface area contributed by atoms with Crippen LogP contribution in [0.2, 0.25) is 0 Å². The number of nitrogens with one attached hydrogen (secondary N) is 2. The molecule has 0 heterocycles. The molecule has 0 atom stereocenters. The molecule has 0 spiro atoms. The molecule has 1 aliphatic carbocycles. The van der Waals surface area contributed by atoms with E-state index in [1.54, 1.807) is 0 Å². The summed E-state index contributed by atoms with van der Waals surface area (Å²) in [6.45, 7) is 1.99. The van der Waals surface area contributed by atoms with Gasteiger partial charge in [0, 0.05) is 0 Å². The van der Waals surface area contributed by atoms with Gasteiger partial charge in [0.2, 0.25) is 0 Å². The van der Waals surface area contributed by atoms with E-state index in [1.165, 1.54) is 9.45 Å². The molecule has 0 aliphatic heterocycles. The fourth-order valence-corrected chi connectivity index (χ4v) is 3.54. The van der Waals surface area contributed by atoms with Gasteiger partial charge in [-0.25, -0.2) is 0 Å². The molecule has 0 unspecified atom stereocenters. The van der Waals surface area contributed by atoms with Crippen LogP contribution in [0.5, 0.6) is 0 Å². The van der Waals surface area contributed by atoms with Gasteiger partial charge in [-0.2, -0.15) is 0 Å². The van der Waals surface area contributed by atoms with E-state index in [0.717, 1.165) is 6.42 Å². The summed E-state index contributed by atoms with van der Waals surface area (Å²) in [5.74, 6) is 0. The fraction of sp³-hybridized carbons (Fsp3) is 0.250. The molecule has 7 heteroatoms. The number of carbonyl (C=O) groups excluding carboxylic acids is 2. The van der Waals surface area contributed by atoms with Gasteiger partial charge in [0.1, 0.15) is 0 Å². The Labute approximate surface area is 108 Å². The zero-order chi connectivity index (χ0) is 9.68. The van der Waals surface area contributed by atoms with Crippen LogP contribution in [-0.4, -0.2) is 12.8 Å². The second-order valence-electron chi connectivity index (χ2n) is 2.67. The smallest absolute Gasteiger partial charge is 1.00 e. The second kappa shape index (κ2) is 8.98. The Kier molecular flexibility index (Phi) is 10.2. The molecule has 0 aromatic rings. The molecular formula is C8H11Cl2N2O2Ti. The number of carbonyl (C=O) groups is 2. The number of amides is 2. The normalized spacial score (nSPS) is 12.3. The maximum Gasteiger partial charge on any atom is -1.00 e. The Bertz CT molecular complexity index is 272. The summed E-state index contributed by atoms with van der Waals surface area (Å²) in [5.41, 5.74) is 1.17. The Morgan fingerprint density at radius 1 is 1.27 bits per heavy atom. The summed E-state index contributed by atoms with van der Waals surface area (Å²) >= 11 is -2.04. The van der Waals surface area contributed by atoms with Gasteiger partial charge in [-0.15, -0.1) is 0 Å². The summed E-state index contributed by atoms with van der Waals surface area (Å²) in [6, 6.07) is 0. The molecule has 15 heavy (non-hydrogen) atoms. The molecule has 1 aliphatic rings. The van der Waals surface area contributed by atoms with Crippen LogP contribution in [0, 0.1) is 0 Å². The topological polar surface area (TPSA) is 58.2 Å². The van der Waals surface area contributed by atoms with E-state index in [1.807, 2.05) is 19.1 Å². The van der Waals surface area contributed by atoms with Crippen LogP contribution in [0.4, 0.5) is 0 Å². The second-order valence-corrected chi connectivity index (χ2v) is 5.68. The van der Waals surface area contributed by atoms with Crippen molar-refractivity contribution in [3.05, 3.63) is 21.6 Å². The van der Waals surface area contributed by atoms with Crippen LogP contribution in [-0.2, 0) is 28.0 Å². The molecular weight excluding hydrogens is 275 g/mol.